The predicted molar refractivity (Wildman–Crippen MR) is 121 cm³/mol. The van der Waals surface area contributed by atoms with Crippen LogP contribution in [0.4, 0.5) is 5.69 Å². The highest BCUT2D eigenvalue weighted by Crippen LogP contribution is 2.28. The Labute approximate surface area is 186 Å². The zero-order chi connectivity index (χ0) is 21.6. The molecule has 0 spiro atoms. The van der Waals surface area contributed by atoms with Crippen molar-refractivity contribution in [1.82, 2.24) is 4.90 Å². The predicted octanol–water partition coefficient (Wildman–Crippen LogP) is 4.20. The topological polar surface area (TPSA) is 55.2 Å². The van der Waals surface area contributed by atoms with E-state index in [1.807, 2.05) is 36.4 Å². The molecular formula is C24H25ClN2O4. The maximum absolute atomic E-state index is 12.4. The molecule has 4 rings (SSSR count). The number of piperazine rings is 1. The van der Waals surface area contributed by atoms with Gasteiger partial charge in [0.05, 0.1) is 19.3 Å². The Morgan fingerprint density at radius 2 is 1.81 bits per heavy atom. The lowest BCUT2D eigenvalue weighted by Gasteiger charge is -2.36. The fourth-order valence-corrected chi connectivity index (χ4v) is 3.89. The molecule has 162 valence electrons. The summed E-state index contributed by atoms with van der Waals surface area (Å²) in [6.07, 6.45) is 1.40. The second kappa shape index (κ2) is 9.90. The number of benzene rings is 2. The Morgan fingerprint density at radius 1 is 1.00 bits per heavy atom. The quantitative estimate of drug-likeness (QED) is 0.548. The highest BCUT2D eigenvalue weighted by Gasteiger charge is 2.20. The van der Waals surface area contributed by atoms with Crippen LogP contribution in [-0.4, -0.2) is 38.2 Å². The van der Waals surface area contributed by atoms with Gasteiger partial charge in [-0.25, -0.2) is 0 Å². The van der Waals surface area contributed by atoms with Crippen LogP contribution in [0.3, 0.4) is 0 Å². The van der Waals surface area contributed by atoms with Crippen LogP contribution in [0, 0.1) is 0 Å². The van der Waals surface area contributed by atoms with Gasteiger partial charge in [-0.05, 0) is 29.8 Å². The number of anilines is 1. The van der Waals surface area contributed by atoms with Gasteiger partial charge in [-0.2, -0.15) is 0 Å². The van der Waals surface area contributed by atoms with Crippen LogP contribution >= 0.6 is 11.6 Å². The summed E-state index contributed by atoms with van der Waals surface area (Å²) in [4.78, 5) is 17.0. The maximum atomic E-state index is 12.4. The van der Waals surface area contributed by atoms with Crippen LogP contribution < -0.4 is 19.8 Å². The number of ether oxygens (including phenoxy) is 2. The van der Waals surface area contributed by atoms with Crippen LogP contribution in [-0.2, 0) is 13.2 Å². The fraction of sp³-hybridized carbons (Fsp3) is 0.292. The SMILES string of the molecule is COc1ccccc1N1CCN(Cc2cc(=O)c(OCc3cccc(Cl)c3)co2)CC1. The molecule has 1 aliphatic heterocycles. The van der Waals surface area contributed by atoms with Crippen LogP contribution in [0.2, 0.25) is 5.02 Å². The minimum Gasteiger partial charge on any atom is -0.495 e. The average molecular weight is 441 g/mol. The lowest BCUT2D eigenvalue weighted by molar-refractivity contribution is 0.224. The van der Waals surface area contributed by atoms with Crippen molar-refractivity contribution >= 4 is 17.3 Å². The molecule has 2 aromatic carbocycles. The second-order valence-electron chi connectivity index (χ2n) is 7.43. The molecule has 6 nitrogen and oxygen atoms in total. The third-order valence-corrected chi connectivity index (χ3v) is 5.55. The van der Waals surface area contributed by atoms with Gasteiger partial charge in [0, 0.05) is 37.3 Å². The maximum Gasteiger partial charge on any atom is 0.227 e. The molecular weight excluding hydrogens is 416 g/mol. The first kappa shape index (κ1) is 21.3. The summed E-state index contributed by atoms with van der Waals surface area (Å²) in [5.74, 6) is 1.71. The standard InChI is InChI=1S/C24H25ClN2O4/c1-29-23-8-3-2-7-21(23)27-11-9-26(10-12-27)15-20-14-22(28)24(17-30-20)31-16-18-5-4-6-19(25)13-18/h2-8,13-14,17H,9-12,15-16H2,1H3. The smallest absolute Gasteiger partial charge is 0.227 e. The molecule has 3 aromatic rings. The van der Waals surface area contributed by atoms with Gasteiger partial charge >= 0.3 is 0 Å². The van der Waals surface area contributed by atoms with Gasteiger partial charge in [-0.3, -0.25) is 9.69 Å². The Balaban J connectivity index is 1.32. The molecule has 0 unspecified atom stereocenters. The fourth-order valence-electron chi connectivity index (χ4n) is 3.67. The Kier molecular flexibility index (Phi) is 6.79. The van der Waals surface area contributed by atoms with E-state index >= 15 is 0 Å². The zero-order valence-corrected chi connectivity index (χ0v) is 18.2. The summed E-state index contributed by atoms with van der Waals surface area (Å²) in [5, 5.41) is 0.634. The van der Waals surface area contributed by atoms with Crippen LogP contribution in [0.1, 0.15) is 11.3 Å². The molecule has 0 atom stereocenters. The summed E-state index contributed by atoms with van der Waals surface area (Å²) >= 11 is 5.98. The van der Waals surface area contributed by atoms with Crippen molar-refractivity contribution in [3.63, 3.8) is 0 Å². The Bertz CT molecular complexity index is 1080. The number of halogens is 1. The molecule has 1 saturated heterocycles. The van der Waals surface area contributed by atoms with Crippen molar-refractivity contribution in [1.29, 1.82) is 0 Å². The molecule has 1 aliphatic rings. The van der Waals surface area contributed by atoms with Crippen LogP contribution in [0.25, 0.3) is 0 Å². The van der Waals surface area contributed by atoms with Gasteiger partial charge in [0.1, 0.15) is 24.4 Å². The van der Waals surface area contributed by atoms with E-state index in [1.165, 1.54) is 12.3 Å². The van der Waals surface area contributed by atoms with E-state index in [2.05, 4.69) is 15.9 Å². The summed E-state index contributed by atoms with van der Waals surface area (Å²) in [5.41, 5.74) is 1.82. The first-order valence-corrected chi connectivity index (χ1v) is 10.6. The van der Waals surface area contributed by atoms with Crippen LogP contribution in [0.5, 0.6) is 11.5 Å². The molecule has 0 radical (unpaired) electrons. The minimum absolute atomic E-state index is 0.184. The van der Waals surface area contributed by atoms with Crippen molar-refractivity contribution in [2.45, 2.75) is 13.2 Å². The Hall–Kier alpha value is -2.96. The summed E-state index contributed by atoms with van der Waals surface area (Å²) < 4.78 is 16.8. The molecule has 0 aliphatic carbocycles. The van der Waals surface area contributed by atoms with Crippen LogP contribution in [0.15, 0.2) is 70.1 Å². The lowest BCUT2D eigenvalue weighted by Crippen LogP contribution is -2.46. The molecule has 7 heteroatoms. The van der Waals surface area contributed by atoms with Gasteiger partial charge < -0.3 is 18.8 Å². The second-order valence-corrected chi connectivity index (χ2v) is 7.86. The van der Waals surface area contributed by atoms with Gasteiger partial charge in [0.2, 0.25) is 11.2 Å². The highest BCUT2D eigenvalue weighted by atomic mass is 35.5. The molecule has 0 N–H and O–H groups in total. The van der Waals surface area contributed by atoms with Gasteiger partial charge in [-0.15, -0.1) is 0 Å². The summed E-state index contributed by atoms with van der Waals surface area (Å²) in [6.45, 7) is 4.35. The highest BCUT2D eigenvalue weighted by molar-refractivity contribution is 6.30. The van der Waals surface area contributed by atoms with Crippen molar-refractivity contribution in [2.75, 3.05) is 38.2 Å². The van der Waals surface area contributed by atoms with E-state index in [-0.39, 0.29) is 17.8 Å². The number of methoxy groups -OCH3 is 1. The van der Waals surface area contributed by atoms with E-state index in [4.69, 9.17) is 25.5 Å². The number of rotatable bonds is 7. The number of para-hydroxylation sites is 2. The molecule has 0 amide bonds. The molecule has 1 aromatic heterocycles. The van der Waals surface area contributed by atoms with Crippen molar-refractivity contribution in [3.05, 3.63) is 87.4 Å². The average Bonchev–Trinajstić information content (AvgIpc) is 2.79. The van der Waals surface area contributed by atoms with E-state index in [1.54, 1.807) is 13.2 Å². The van der Waals surface area contributed by atoms with Crippen molar-refractivity contribution in [2.24, 2.45) is 0 Å². The van der Waals surface area contributed by atoms with Crippen molar-refractivity contribution < 1.29 is 13.9 Å². The van der Waals surface area contributed by atoms with E-state index < -0.39 is 0 Å². The molecule has 0 bridgehead atoms. The van der Waals surface area contributed by atoms with Gasteiger partial charge in [0.15, 0.2) is 0 Å². The van der Waals surface area contributed by atoms with E-state index in [0.717, 1.165) is 43.2 Å². The molecule has 31 heavy (non-hydrogen) atoms. The Morgan fingerprint density at radius 3 is 2.55 bits per heavy atom. The van der Waals surface area contributed by atoms with E-state index in [9.17, 15) is 4.79 Å². The lowest BCUT2D eigenvalue weighted by atomic mass is 10.2. The van der Waals surface area contributed by atoms with Gasteiger partial charge in [0.25, 0.3) is 0 Å². The molecule has 2 heterocycles. The minimum atomic E-state index is -0.184. The number of hydrogen-bond acceptors (Lipinski definition) is 6. The largest absolute Gasteiger partial charge is 0.495 e. The first-order chi connectivity index (χ1) is 15.1. The van der Waals surface area contributed by atoms with E-state index in [0.29, 0.717) is 17.3 Å². The summed E-state index contributed by atoms with van der Waals surface area (Å²) in [6, 6.07) is 16.9. The number of hydrogen-bond donors (Lipinski definition) is 0. The monoisotopic (exact) mass is 440 g/mol. The molecule has 0 saturated carbocycles. The van der Waals surface area contributed by atoms with Crippen molar-refractivity contribution in [3.8, 4) is 11.5 Å². The third-order valence-electron chi connectivity index (χ3n) is 5.31. The summed E-state index contributed by atoms with van der Waals surface area (Å²) in [7, 11) is 1.69. The zero-order valence-electron chi connectivity index (χ0n) is 17.4. The number of nitrogens with zero attached hydrogens (tertiary/aromatic N) is 2. The third kappa shape index (κ3) is 5.40. The first-order valence-electron chi connectivity index (χ1n) is 10.2. The van der Waals surface area contributed by atoms with Gasteiger partial charge in [-0.1, -0.05) is 35.9 Å². The normalized spacial score (nSPS) is 14.5. The molecule has 1 fully saturated rings.